The molecule has 0 heterocycles. The molecule has 0 amide bonds. The molecular weight excluding hydrogens is 158 g/mol. The monoisotopic (exact) mass is 175 g/mol. The molecule has 0 radical (unpaired) electrons. The van der Waals surface area contributed by atoms with Crippen LogP contribution in [-0.2, 0) is 6.42 Å². The summed E-state index contributed by atoms with van der Waals surface area (Å²) in [5.74, 6) is 0. The van der Waals surface area contributed by atoms with Crippen LogP contribution in [0, 0.1) is 0 Å². The molecule has 13 heavy (non-hydrogen) atoms. The standard InChI is InChI=1S/C12H17N/c1-9(2)12-7-5-4-6-11(12)8-10(3)13/h4-7,10H,1,8,13H2,2-3H3. The van der Waals surface area contributed by atoms with E-state index in [2.05, 4.69) is 18.7 Å². The molecular formula is C12H17N. The highest BCUT2D eigenvalue weighted by atomic mass is 14.6. The fourth-order valence-electron chi connectivity index (χ4n) is 1.46. The van der Waals surface area contributed by atoms with E-state index in [4.69, 9.17) is 5.73 Å². The summed E-state index contributed by atoms with van der Waals surface area (Å²) >= 11 is 0. The lowest BCUT2D eigenvalue weighted by molar-refractivity contribution is 0.737. The van der Waals surface area contributed by atoms with E-state index in [1.165, 1.54) is 11.1 Å². The van der Waals surface area contributed by atoms with E-state index in [0.29, 0.717) is 0 Å². The van der Waals surface area contributed by atoms with Gasteiger partial charge in [-0.1, -0.05) is 36.4 Å². The first-order valence-electron chi connectivity index (χ1n) is 4.60. The van der Waals surface area contributed by atoms with Crippen molar-refractivity contribution in [1.29, 1.82) is 0 Å². The summed E-state index contributed by atoms with van der Waals surface area (Å²) in [5, 5.41) is 0. The highest BCUT2D eigenvalue weighted by molar-refractivity contribution is 5.64. The van der Waals surface area contributed by atoms with Crippen LogP contribution in [0.2, 0.25) is 0 Å². The van der Waals surface area contributed by atoms with Crippen molar-refractivity contribution in [3.63, 3.8) is 0 Å². The molecule has 0 aliphatic rings. The van der Waals surface area contributed by atoms with Crippen molar-refractivity contribution in [1.82, 2.24) is 0 Å². The van der Waals surface area contributed by atoms with Gasteiger partial charge in [-0.25, -0.2) is 0 Å². The second-order valence-electron chi connectivity index (χ2n) is 3.62. The first-order valence-corrected chi connectivity index (χ1v) is 4.60. The summed E-state index contributed by atoms with van der Waals surface area (Å²) in [6.07, 6.45) is 0.920. The minimum atomic E-state index is 0.209. The van der Waals surface area contributed by atoms with Gasteiger partial charge in [-0.15, -0.1) is 0 Å². The maximum Gasteiger partial charge on any atom is 0.00511 e. The average molecular weight is 175 g/mol. The SMILES string of the molecule is C=C(C)c1ccccc1CC(C)N. The number of benzene rings is 1. The number of hydrogen-bond donors (Lipinski definition) is 1. The van der Waals surface area contributed by atoms with E-state index in [1.807, 2.05) is 26.0 Å². The Labute approximate surface area is 80.3 Å². The quantitative estimate of drug-likeness (QED) is 0.750. The molecule has 0 aliphatic heterocycles. The normalized spacial score (nSPS) is 12.5. The fourth-order valence-corrected chi connectivity index (χ4v) is 1.46. The molecule has 1 heteroatoms. The van der Waals surface area contributed by atoms with Crippen molar-refractivity contribution in [2.45, 2.75) is 26.3 Å². The highest BCUT2D eigenvalue weighted by Crippen LogP contribution is 2.17. The smallest absolute Gasteiger partial charge is 0.00511 e. The van der Waals surface area contributed by atoms with Crippen molar-refractivity contribution in [2.24, 2.45) is 5.73 Å². The fraction of sp³-hybridized carbons (Fsp3) is 0.333. The molecule has 0 aromatic heterocycles. The molecule has 0 aliphatic carbocycles. The van der Waals surface area contributed by atoms with Crippen LogP contribution < -0.4 is 5.73 Å². The minimum Gasteiger partial charge on any atom is -0.328 e. The lowest BCUT2D eigenvalue weighted by Crippen LogP contribution is -2.18. The van der Waals surface area contributed by atoms with Gasteiger partial charge in [0.05, 0.1) is 0 Å². The van der Waals surface area contributed by atoms with Crippen molar-refractivity contribution >= 4 is 5.57 Å². The predicted molar refractivity (Wildman–Crippen MR) is 58.5 cm³/mol. The Bertz CT molecular complexity index is 300. The van der Waals surface area contributed by atoms with Crippen LogP contribution in [0.3, 0.4) is 0 Å². The topological polar surface area (TPSA) is 26.0 Å². The Morgan fingerprint density at radius 2 is 2.08 bits per heavy atom. The molecule has 2 N–H and O–H groups in total. The highest BCUT2D eigenvalue weighted by Gasteiger charge is 2.03. The zero-order valence-corrected chi connectivity index (χ0v) is 8.38. The Morgan fingerprint density at radius 3 is 2.62 bits per heavy atom. The van der Waals surface area contributed by atoms with Crippen molar-refractivity contribution in [3.8, 4) is 0 Å². The number of rotatable bonds is 3. The summed E-state index contributed by atoms with van der Waals surface area (Å²) in [6, 6.07) is 8.51. The van der Waals surface area contributed by atoms with Gasteiger partial charge < -0.3 is 5.73 Å². The largest absolute Gasteiger partial charge is 0.328 e. The predicted octanol–water partition coefficient (Wildman–Crippen LogP) is 2.61. The molecule has 0 spiro atoms. The van der Waals surface area contributed by atoms with Crippen LogP contribution in [0.15, 0.2) is 30.8 Å². The van der Waals surface area contributed by atoms with Crippen LogP contribution in [0.5, 0.6) is 0 Å². The summed E-state index contributed by atoms with van der Waals surface area (Å²) in [6.45, 7) is 8.00. The van der Waals surface area contributed by atoms with Gasteiger partial charge in [0.25, 0.3) is 0 Å². The van der Waals surface area contributed by atoms with Gasteiger partial charge in [-0.2, -0.15) is 0 Å². The van der Waals surface area contributed by atoms with Gasteiger partial charge in [0.1, 0.15) is 0 Å². The van der Waals surface area contributed by atoms with Crippen molar-refractivity contribution in [3.05, 3.63) is 42.0 Å². The van der Waals surface area contributed by atoms with Crippen LogP contribution >= 0.6 is 0 Å². The Morgan fingerprint density at radius 1 is 1.46 bits per heavy atom. The van der Waals surface area contributed by atoms with E-state index < -0.39 is 0 Å². The zero-order valence-electron chi connectivity index (χ0n) is 8.38. The average Bonchev–Trinajstić information content (AvgIpc) is 2.03. The molecule has 1 aromatic rings. The van der Waals surface area contributed by atoms with Crippen molar-refractivity contribution in [2.75, 3.05) is 0 Å². The molecule has 1 nitrogen and oxygen atoms in total. The molecule has 0 saturated carbocycles. The molecule has 0 bridgehead atoms. The summed E-state index contributed by atoms with van der Waals surface area (Å²) in [4.78, 5) is 0. The third kappa shape index (κ3) is 2.71. The number of nitrogens with two attached hydrogens (primary N) is 1. The Hall–Kier alpha value is -1.08. The Balaban J connectivity index is 2.98. The van der Waals surface area contributed by atoms with E-state index in [-0.39, 0.29) is 6.04 Å². The van der Waals surface area contributed by atoms with Gasteiger partial charge in [0.2, 0.25) is 0 Å². The first kappa shape index (κ1) is 10.0. The van der Waals surface area contributed by atoms with E-state index in [1.54, 1.807) is 0 Å². The molecule has 1 unspecified atom stereocenters. The minimum absolute atomic E-state index is 0.209. The molecule has 0 fully saturated rings. The zero-order chi connectivity index (χ0) is 9.84. The van der Waals surface area contributed by atoms with Gasteiger partial charge >= 0.3 is 0 Å². The van der Waals surface area contributed by atoms with Gasteiger partial charge in [0, 0.05) is 6.04 Å². The van der Waals surface area contributed by atoms with Crippen LogP contribution in [-0.4, -0.2) is 6.04 Å². The maximum absolute atomic E-state index is 5.76. The third-order valence-electron chi connectivity index (χ3n) is 2.02. The maximum atomic E-state index is 5.76. The van der Waals surface area contributed by atoms with Gasteiger partial charge in [-0.05, 0) is 31.4 Å². The first-order chi connectivity index (χ1) is 6.11. The third-order valence-corrected chi connectivity index (χ3v) is 2.02. The lowest BCUT2D eigenvalue weighted by Gasteiger charge is -2.10. The van der Waals surface area contributed by atoms with E-state index in [9.17, 15) is 0 Å². The van der Waals surface area contributed by atoms with Gasteiger partial charge in [-0.3, -0.25) is 0 Å². The molecule has 1 atom stereocenters. The van der Waals surface area contributed by atoms with Crippen LogP contribution in [0.1, 0.15) is 25.0 Å². The summed E-state index contributed by atoms with van der Waals surface area (Å²) in [7, 11) is 0. The van der Waals surface area contributed by atoms with E-state index in [0.717, 1.165) is 12.0 Å². The molecule has 70 valence electrons. The van der Waals surface area contributed by atoms with Crippen LogP contribution in [0.4, 0.5) is 0 Å². The summed E-state index contributed by atoms with van der Waals surface area (Å²) < 4.78 is 0. The second kappa shape index (κ2) is 4.24. The van der Waals surface area contributed by atoms with E-state index >= 15 is 0 Å². The Kier molecular flexibility index (Phi) is 3.26. The lowest BCUT2D eigenvalue weighted by atomic mass is 9.97. The van der Waals surface area contributed by atoms with Crippen LogP contribution in [0.25, 0.3) is 5.57 Å². The second-order valence-corrected chi connectivity index (χ2v) is 3.62. The van der Waals surface area contributed by atoms with Gasteiger partial charge in [0.15, 0.2) is 0 Å². The molecule has 1 rings (SSSR count). The molecule has 0 saturated heterocycles. The number of allylic oxidation sites excluding steroid dienone is 1. The summed E-state index contributed by atoms with van der Waals surface area (Å²) in [5.41, 5.74) is 9.40. The van der Waals surface area contributed by atoms with Crippen molar-refractivity contribution < 1.29 is 0 Å². The molecule has 1 aromatic carbocycles. The number of hydrogen-bond acceptors (Lipinski definition) is 1.